The molecule has 0 bridgehead atoms. The smallest absolute Gasteiger partial charge is 0.306 e. The van der Waals surface area contributed by atoms with Crippen LogP contribution in [0.4, 0.5) is 0 Å². The van der Waals surface area contributed by atoms with Crippen molar-refractivity contribution in [3.63, 3.8) is 0 Å². The van der Waals surface area contributed by atoms with Gasteiger partial charge in [0.15, 0.2) is 0 Å². The van der Waals surface area contributed by atoms with Crippen LogP contribution >= 0.6 is 0 Å². The van der Waals surface area contributed by atoms with Crippen LogP contribution in [0, 0.1) is 0 Å². The monoisotopic (exact) mass is 862 g/mol. The number of aliphatic hydroxyl groups is 2. The zero-order chi connectivity index (χ0) is 44.5. The molecule has 0 aromatic rings. The van der Waals surface area contributed by atoms with E-state index in [9.17, 15) is 19.8 Å². The largest absolute Gasteiger partial charge is 0.462 e. The molecule has 0 aliphatic rings. The summed E-state index contributed by atoms with van der Waals surface area (Å²) in [5.74, 6) is -0.474. The molecule has 0 spiro atoms. The summed E-state index contributed by atoms with van der Waals surface area (Å²) in [6, 6.07) is -0.699. The van der Waals surface area contributed by atoms with Crippen molar-refractivity contribution in [3.8, 4) is 0 Å². The summed E-state index contributed by atoms with van der Waals surface area (Å²) >= 11 is 0. The highest BCUT2D eigenvalue weighted by molar-refractivity contribution is 5.77. The summed E-state index contributed by atoms with van der Waals surface area (Å²) in [6.45, 7) is 6.45. The molecule has 0 aromatic heterocycles. The van der Waals surface area contributed by atoms with Gasteiger partial charge < -0.3 is 20.3 Å². The number of amides is 1. The van der Waals surface area contributed by atoms with E-state index in [1.807, 2.05) is 0 Å². The number of rotatable bonds is 50. The van der Waals surface area contributed by atoms with E-state index >= 15 is 0 Å². The van der Waals surface area contributed by atoms with E-state index in [4.69, 9.17) is 4.74 Å². The van der Waals surface area contributed by atoms with Crippen LogP contribution in [0.5, 0.6) is 0 Å². The number of allylic oxidation sites excluding steroid dienone is 2. The van der Waals surface area contributed by atoms with Crippen LogP contribution in [0.2, 0.25) is 0 Å². The van der Waals surface area contributed by atoms with Crippen molar-refractivity contribution in [1.29, 1.82) is 0 Å². The first-order chi connectivity index (χ1) is 30.0. The topological polar surface area (TPSA) is 95.9 Å². The van der Waals surface area contributed by atoms with Crippen LogP contribution < -0.4 is 5.32 Å². The van der Waals surface area contributed by atoms with Gasteiger partial charge in [0.05, 0.1) is 25.2 Å². The second-order valence-corrected chi connectivity index (χ2v) is 19.0. The molecule has 0 aliphatic carbocycles. The maximum atomic E-state index is 13.2. The number of aliphatic hydroxyl groups excluding tert-OH is 2. The first-order valence-corrected chi connectivity index (χ1v) is 27.4. The maximum absolute atomic E-state index is 13.2. The van der Waals surface area contributed by atoms with Gasteiger partial charge in [-0.05, 0) is 44.9 Å². The molecule has 3 N–H and O–H groups in total. The highest BCUT2D eigenvalue weighted by Crippen LogP contribution is 2.19. The van der Waals surface area contributed by atoms with Gasteiger partial charge in [-0.2, -0.15) is 0 Å². The molecule has 0 heterocycles. The van der Waals surface area contributed by atoms with E-state index in [2.05, 4.69) is 38.2 Å². The fourth-order valence-corrected chi connectivity index (χ4v) is 8.67. The number of hydrogen-bond acceptors (Lipinski definition) is 5. The Morgan fingerprint density at radius 2 is 0.820 bits per heavy atom. The van der Waals surface area contributed by atoms with Crippen molar-refractivity contribution in [2.75, 3.05) is 6.61 Å². The lowest BCUT2D eigenvalue weighted by Gasteiger charge is -2.24. The molecular formula is C55H107NO5. The molecule has 3 unspecified atom stereocenters. The van der Waals surface area contributed by atoms with Gasteiger partial charge in [0.25, 0.3) is 0 Å². The summed E-state index contributed by atoms with van der Waals surface area (Å²) < 4.78 is 5.91. The van der Waals surface area contributed by atoms with E-state index < -0.39 is 18.2 Å². The molecule has 0 rings (SSSR count). The molecule has 3 atom stereocenters. The fraction of sp³-hybridized carbons (Fsp3) is 0.927. The third kappa shape index (κ3) is 45.0. The minimum atomic E-state index is -0.785. The van der Waals surface area contributed by atoms with Crippen LogP contribution in [0.25, 0.3) is 0 Å². The number of carbonyl (C=O) groups is 2. The Morgan fingerprint density at radius 1 is 0.459 bits per heavy atom. The Balaban J connectivity index is 4.31. The Bertz CT molecular complexity index is 924. The first kappa shape index (κ1) is 59.6. The molecule has 362 valence electrons. The van der Waals surface area contributed by atoms with Crippen LogP contribution in [-0.2, 0) is 14.3 Å². The van der Waals surface area contributed by atoms with Crippen LogP contribution in [0.1, 0.15) is 303 Å². The van der Waals surface area contributed by atoms with Gasteiger partial charge >= 0.3 is 5.97 Å². The third-order valence-corrected chi connectivity index (χ3v) is 12.8. The number of ether oxygens (including phenoxy) is 1. The van der Waals surface area contributed by atoms with Crippen LogP contribution in [0.15, 0.2) is 12.2 Å². The molecule has 0 saturated heterocycles. The van der Waals surface area contributed by atoms with Gasteiger partial charge in [-0.3, -0.25) is 9.59 Å². The average Bonchev–Trinajstić information content (AvgIpc) is 3.25. The number of carbonyl (C=O) groups excluding carboxylic acids is 2. The number of unbranched alkanes of at least 4 members (excludes halogenated alkanes) is 36. The molecule has 0 aromatic carbocycles. The quantitative estimate of drug-likeness (QED) is 0.0322. The van der Waals surface area contributed by atoms with Gasteiger partial charge in [0, 0.05) is 6.42 Å². The van der Waals surface area contributed by atoms with Gasteiger partial charge in [-0.15, -0.1) is 0 Å². The summed E-state index contributed by atoms with van der Waals surface area (Å²) in [5.41, 5.74) is 0. The molecular weight excluding hydrogens is 755 g/mol. The summed E-state index contributed by atoms with van der Waals surface area (Å²) in [7, 11) is 0. The third-order valence-electron chi connectivity index (χ3n) is 12.8. The van der Waals surface area contributed by atoms with Crippen molar-refractivity contribution in [3.05, 3.63) is 12.2 Å². The molecule has 0 fully saturated rings. The van der Waals surface area contributed by atoms with Crippen molar-refractivity contribution >= 4 is 11.9 Å². The van der Waals surface area contributed by atoms with Gasteiger partial charge in [0.2, 0.25) is 5.91 Å². The van der Waals surface area contributed by atoms with Gasteiger partial charge in [-0.25, -0.2) is 0 Å². The highest BCUT2D eigenvalue weighted by Gasteiger charge is 2.24. The van der Waals surface area contributed by atoms with Crippen LogP contribution in [-0.4, -0.2) is 46.9 Å². The summed E-state index contributed by atoms with van der Waals surface area (Å²) in [4.78, 5) is 26.1. The highest BCUT2D eigenvalue weighted by atomic mass is 16.5. The van der Waals surface area contributed by atoms with E-state index in [0.717, 1.165) is 64.2 Å². The Labute approximate surface area is 380 Å². The standard InChI is InChI=1S/C55H107NO5/c1-4-7-10-13-16-19-21-23-25-27-28-30-32-34-36-39-42-45-48-55(60)61-51(46-43-40-37-18-15-12-9-6-3)49-54(59)56-52(50-57)53(58)47-44-41-38-35-33-31-29-26-24-22-20-17-14-11-8-5-2/h12,15,51-53,57-58H,4-11,13-14,16-50H2,1-3H3,(H,56,59)/b15-12-. The minimum Gasteiger partial charge on any atom is -0.462 e. The molecule has 0 radical (unpaired) electrons. The molecule has 61 heavy (non-hydrogen) atoms. The molecule has 0 saturated carbocycles. The Morgan fingerprint density at radius 3 is 1.23 bits per heavy atom. The zero-order valence-electron chi connectivity index (χ0n) is 41.3. The lowest BCUT2D eigenvalue weighted by Crippen LogP contribution is -2.46. The second kappa shape index (κ2) is 49.6. The van der Waals surface area contributed by atoms with Gasteiger partial charge in [0.1, 0.15) is 6.10 Å². The van der Waals surface area contributed by atoms with Crippen molar-refractivity contribution < 1.29 is 24.5 Å². The summed E-state index contributed by atoms with van der Waals surface area (Å²) in [6.07, 6.45) is 55.8. The van der Waals surface area contributed by atoms with E-state index in [1.54, 1.807) is 0 Å². The van der Waals surface area contributed by atoms with Crippen molar-refractivity contribution in [2.45, 2.75) is 322 Å². The van der Waals surface area contributed by atoms with E-state index in [-0.39, 0.29) is 24.9 Å². The molecule has 0 aliphatic heterocycles. The van der Waals surface area contributed by atoms with E-state index in [1.165, 1.54) is 193 Å². The van der Waals surface area contributed by atoms with Gasteiger partial charge in [-0.1, -0.05) is 258 Å². The predicted octanol–water partition coefficient (Wildman–Crippen LogP) is 16.5. The van der Waals surface area contributed by atoms with Crippen molar-refractivity contribution in [1.82, 2.24) is 5.32 Å². The minimum absolute atomic E-state index is 0.0730. The molecule has 1 amide bonds. The molecule has 6 heteroatoms. The van der Waals surface area contributed by atoms with E-state index in [0.29, 0.717) is 19.3 Å². The zero-order valence-corrected chi connectivity index (χ0v) is 41.3. The van der Waals surface area contributed by atoms with Crippen LogP contribution in [0.3, 0.4) is 0 Å². The number of esters is 1. The normalized spacial score (nSPS) is 13.2. The predicted molar refractivity (Wildman–Crippen MR) is 264 cm³/mol. The lowest BCUT2D eigenvalue weighted by molar-refractivity contribution is -0.151. The number of hydrogen-bond donors (Lipinski definition) is 3. The fourth-order valence-electron chi connectivity index (χ4n) is 8.67. The summed E-state index contributed by atoms with van der Waals surface area (Å²) in [5, 5.41) is 23.8. The average molecular weight is 862 g/mol. The Kier molecular flexibility index (Phi) is 48.5. The SMILES string of the molecule is CCC/C=C\CCCCCC(CC(=O)NC(CO)C(O)CCCCCCCCCCCCCCCCCC)OC(=O)CCCCCCCCCCCCCCCCCCCC. The van der Waals surface area contributed by atoms with Crippen molar-refractivity contribution in [2.24, 2.45) is 0 Å². The Hall–Kier alpha value is -1.40. The first-order valence-electron chi connectivity index (χ1n) is 27.4. The molecule has 6 nitrogen and oxygen atoms in total. The second-order valence-electron chi connectivity index (χ2n) is 19.0. The number of nitrogens with one attached hydrogen (secondary N) is 1. The maximum Gasteiger partial charge on any atom is 0.306 e. The lowest BCUT2D eigenvalue weighted by atomic mass is 10.0.